The molecule has 2 aromatic heterocycles. The molecule has 0 N–H and O–H groups in total. The summed E-state index contributed by atoms with van der Waals surface area (Å²) < 4.78 is 15.1. The van der Waals surface area contributed by atoms with Gasteiger partial charge in [-0.2, -0.15) is 5.10 Å². The van der Waals surface area contributed by atoms with Crippen molar-refractivity contribution < 1.29 is 9.18 Å². The molecule has 0 bridgehead atoms. The molecule has 0 saturated carbocycles. The molecule has 184 valence electrons. The number of aromatic nitrogens is 3. The van der Waals surface area contributed by atoms with Gasteiger partial charge in [0, 0.05) is 50.0 Å². The lowest BCUT2D eigenvalue weighted by Crippen LogP contribution is -2.49. The molecule has 4 aromatic rings. The molecular weight excluding hydrogens is 455 g/mol. The molecule has 0 aliphatic carbocycles. The van der Waals surface area contributed by atoms with Crippen LogP contribution in [0.2, 0.25) is 0 Å². The zero-order chi connectivity index (χ0) is 25.1. The molecule has 2 aromatic carbocycles. The third kappa shape index (κ3) is 5.13. The van der Waals surface area contributed by atoms with Gasteiger partial charge in [0.05, 0.1) is 17.6 Å². The van der Waals surface area contributed by atoms with Crippen LogP contribution in [0.15, 0.2) is 79.1 Å². The van der Waals surface area contributed by atoms with Crippen molar-refractivity contribution in [2.45, 2.75) is 6.54 Å². The first-order valence-electron chi connectivity index (χ1n) is 12.0. The van der Waals surface area contributed by atoms with Crippen molar-refractivity contribution in [3.05, 3.63) is 96.1 Å². The van der Waals surface area contributed by atoms with Crippen LogP contribution in [-0.4, -0.2) is 70.7 Å². The van der Waals surface area contributed by atoms with E-state index in [1.807, 2.05) is 55.5 Å². The van der Waals surface area contributed by atoms with E-state index >= 15 is 0 Å². The lowest BCUT2D eigenvalue weighted by molar-refractivity contribution is 0.0746. The van der Waals surface area contributed by atoms with Crippen molar-refractivity contribution in [2.75, 3.05) is 45.2 Å². The highest BCUT2D eigenvalue weighted by Crippen LogP contribution is 2.23. The minimum atomic E-state index is -0.275. The van der Waals surface area contributed by atoms with Crippen molar-refractivity contribution in [1.29, 1.82) is 0 Å². The number of hydrogen-bond acceptors (Lipinski definition) is 5. The molecule has 36 heavy (non-hydrogen) atoms. The van der Waals surface area contributed by atoms with Crippen molar-refractivity contribution in [2.24, 2.45) is 0 Å². The van der Waals surface area contributed by atoms with Crippen LogP contribution in [-0.2, 0) is 6.54 Å². The molecule has 1 amide bonds. The van der Waals surface area contributed by atoms with Gasteiger partial charge in [-0.25, -0.2) is 14.1 Å². The predicted molar refractivity (Wildman–Crippen MR) is 139 cm³/mol. The van der Waals surface area contributed by atoms with Gasteiger partial charge < -0.3 is 14.7 Å². The van der Waals surface area contributed by atoms with Gasteiger partial charge in [0.2, 0.25) is 0 Å². The number of halogens is 1. The Morgan fingerprint density at radius 2 is 1.64 bits per heavy atom. The van der Waals surface area contributed by atoms with Gasteiger partial charge in [0.25, 0.3) is 5.91 Å². The first kappa shape index (κ1) is 23.7. The second kappa shape index (κ2) is 10.3. The molecular formula is C28H29FN6O. The van der Waals surface area contributed by atoms with Crippen LogP contribution in [0.3, 0.4) is 0 Å². The van der Waals surface area contributed by atoms with Crippen LogP contribution in [0.4, 0.5) is 10.2 Å². The summed E-state index contributed by atoms with van der Waals surface area (Å²) in [6, 6.07) is 19.8. The van der Waals surface area contributed by atoms with E-state index in [0.717, 1.165) is 42.4 Å². The highest BCUT2D eigenvalue weighted by atomic mass is 19.1. The number of rotatable bonds is 6. The van der Waals surface area contributed by atoms with E-state index in [2.05, 4.69) is 32.0 Å². The van der Waals surface area contributed by atoms with Crippen LogP contribution < -0.4 is 4.90 Å². The van der Waals surface area contributed by atoms with Gasteiger partial charge in [0.15, 0.2) is 0 Å². The van der Waals surface area contributed by atoms with E-state index in [1.54, 1.807) is 23.0 Å². The van der Waals surface area contributed by atoms with Crippen LogP contribution in [0.1, 0.15) is 15.9 Å². The molecule has 0 unspecified atom stereocenters. The SMILES string of the molecule is CN(C)Cc1ccc(N2CCN(C(=O)c3ccc(-n4nccc4-c4ccc(F)cc4)cc3)CC2)nc1. The monoisotopic (exact) mass is 484 g/mol. The van der Waals surface area contributed by atoms with Gasteiger partial charge >= 0.3 is 0 Å². The number of piperazine rings is 1. The van der Waals surface area contributed by atoms with Crippen molar-refractivity contribution in [3.8, 4) is 16.9 Å². The van der Waals surface area contributed by atoms with Gasteiger partial charge in [-0.1, -0.05) is 6.07 Å². The third-order valence-electron chi connectivity index (χ3n) is 6.34. The van der Waals surface area contributed by atoms with E-state index in [4.69, 9.17) is 0 Å². The average molecular weight is 485 g/mol. The number of amides is 1. The van der Waals surface area contributed by atoms with Gasteiger partial charge in [-0.05, 0) is 80.3 Å². The first-order valence-corrected chi connectivity index (χ1v) is 12.0. The Kier molecular flexibility index (Phi) is 6.77. The molecule has 7 nitrogen and oxygen atoms in total. The standard InChI is InChI=1S/C28H29FN6O/c1-32(2)20-21-3-12-27(30-19-21)33-15-17-34(18-16-33)28(36)23-6-10-25(11-7-23)35-26(13-14-31-35)22-4-8-24(29)9-5-22/h3-14,19H,15-18,20H2,1-2H3. The molecule has 1 fully saturated rings. The normalized spacial score (nSPS) is 13.9. The quantitative estimate of drug-likeness (QED) is 0.413. The lowest BCUT2D eigenvalue weighted by atomic mass is 10.1. The summed E-state index contributed by atoms with van der Waals surface area (Å²) in [6.07, 6.45) is 3.64. The zero-order valence-corrected chi connectivity index (χ0v) is 20.5. The Morgan fingerprint density at radius 3 is 2.28 bits per heavy atom. The minimum absolute atomic E-state index is 0.0229. The molecule has 1 saturated heterocycles. The molecule has 0 radical (unpaired) electrons. The summed E-state index contributed by atoms with van der Waals surface area (Å²) >= 11 is 0. The molecule has 5 rings (SSSR count). The van der Waals surface area contributed by atoms with E-state index in [0.29, 0.717) is 18.7 Å². The average Bonchev–Trinajstić information content (AvgIpc) is 3.39. The Bertz CT molecular complexity index is 1310. The fraction of sp³-hybridized carbons (Fsp3) is 0.250. The van der Waals surface area contributed by atoms with E-state index in [-0.39, 0.29) is 11.7 Å². The number of carbonyl (C=O) groups is 1. The number of pyridine rings is 1. The number of nitrogens with zero attached hydrogens (tertiary/aromatic N) is 6. The maximum absolute atomic E-state index is 13.3. The molecule has 8 heteroatoms. The smallest absolute Gasteiger partial charge is 0.253 e. The fourth-order valence-corrected chi connectivity index (χ4v) is 4.48. The van der Waals surface area contributed by atoms with Crippen molar-refractivity contribution in [1.82, 2.24) is 24.6 Å². The number of anilines is 1. The molecule has 1 aliphatic rings. The summed E-state index contributed by atoms with van der Waals surface area (Å²) in [5.74, 6) is 0.697. The molecule has 3 heterocycles. The van der Waals surface area contributed by atoms with Crippen LogP contribution >= 0.6 is 0 Å². The maximum atomic E-state index is 13.3. The van der Waals surface area contributed by atoms with Crippen molar-refractivity contribution in [3.63, 3.8) is 0 Å². The Labute approximate surface area is 210 Å². The number of carbonyl (C=O) groups excluding carboxylic acids is 1. The summed E-state index contributed by atoms with van der Waals surface area (Å²) in [5, 5.41) is 4.42. The Hall–Kier alpha value is -4.04. The predicted octanol–water partition coefficient (Wildman–Crippen LogP) is 4.10. The second-order valence-electron chi connectivity index (χ2n) is 9.22. The minimum Gasteiger partial charge on any atom is -0.353 e. The number of benzene rings is 2. The van der Waals surface area contributed by atoms with Gasteiger partial charge in [-0.15, -0.1) is 0 Å². The van der Waals surface area contributed by atoms with E-state index in [9.17, 15) is 9.18 Å². The van der Waals surface area contributed by atoms with E-state index in [1.165, 1.54) is 17.7 Å². The molecule has 0 spiro atoms. The first-order chi connectivity index (χ1) is 17.5. The van der Waals surface area contributed by atoms with Gasteiger partial charge in [0.1, 0.15) is 11.6 Å². The maximum Gasteiger partial charge on any atom is 0.253 e. The second-order valence-corrected chi connectivity index (χ2v) is 9.22. The van der Waals surface area contributed by atoms with Gasteiger partial charge in [-0.3, -0.25) is 4.79 Å². The number of hydrogen-bond donors (Lipinski definition) is 0. The molecule has 1 aliphatic heterocycles. The molecule has 0 atom stereocenters. The third-order valence-corrected chi connectivity index (χ3v) is 6.34. The summed E-state index contributed by atoms with van der Waals surface area (Å²) in [4.78, 5) is 24.0. The van der Waals surface area contributed by atoms with Crippen molar-refractivity contribution >= 4 is 11.7 Å². The topological polar surface area (TPSA) is 57.5 Å². The summed E-state index contributed by atoms with van der Waals surface area (Å²) in [6.45, 7) is 3.66. The largest absolute Gasteiger partial charge is 0.353 e. The van der Waals surface area contributed by atoms with Crippen LogP contribution in [0.25, 0.3) is 16.9 Å². The summed E-state index contributed by atoms with van der Waals surface area (Å²) in [7, 11) is 4.08. The zero-order valence-electron chi connectivity index (χ0n) is 20.5. The Morgan fingerprint density at radius 1 is 0.917 bits per heavy atom. The highest BCUT2D eigenvalue weighted by molar-refractivity contribution is 5.94. The Balaban J connectivity index is 1.22. The lowest BCUT2D eigenvalue weighted by Gasteiger charge is -2.35. The van der Waals surface area contributed by atoms with E-state index < -0.39 is 0 Å². The fourth-order valence-electron chi connectivity index (χ4n) is 4.48. The summed E-state index contributed by atoms with van der Waals surface area (Å²) in [5.41, 5.74) is 4.39. The van der Waals surface area contributed by atoms with Crippen LogP contribution in [0, 0.1) is 5.82 Å². The highest BCUT2D eigenvalue weighted by Gasteiger charge is 2.23. The van der Waals surface area contributed by atoms with Crippen LogP contribution in [0.5, 0.6) is 0 Å².